The number of H-pyrrole nitrogens is 1. The SMILES string of the molecule is CC(C)Oc1cccc(Cl)c1-c1nc(-c2ccc(C(F)(F)F)cc2)nc(=O)[nH]1. The van der Waals surface area contributed by atoms with Crippen LogP contribution in [0.3, 0.4) is 0 Å². The highest BCUT2D eigenvalue weighted by atomic mass is 35.5. The summed E-state index contributed by atoms with van der Waals surface area (Å²) in [5.41, 5.74) is -0.889. The van der Waals surface area contributed by atoms with Gasteiger partial charge in [0.1, 0.15) is 11.6 Å². The highest BCUT2D eigenvalue weighted by Gasteiger charge is 2.30. The molecule has 0 unspecified atom stereocenters. The van der Waals surface area contributed by atoms with Gasteiger partial charge >= 0.3 is 11.9 Å². The van der Waals surface area contributed by atoms with Crippen LogP contribution in [0.5, 0.6) is 5.75 Å². The molecule has 2 aromatic carbocycles. The average molecular weight is 410 g/mol. The van der Waals surface area contributed by atoms with Crippen LogP contribution in [-0.2, 0) is 6.18 Å². The van der Waals surface area contributed by atoms with Gasteiger partial charge in [-0.25, -0.2) is 9.78 Å². The molecule has 0 saturated heterocycles. The fraction of sp³-hybridized carbons (Fsp3) is 0.211. The molecule has 0 spiro atoms. The summed E-state index contributed by atoms with van der Waals surface area (Å²) in [6.45, 7) is 3.67. The molecule has 0 saturated carbocycles. The van der Waals surface area contributed by atoms with Gasteiger partial charge < -0.3 is 4.74 Å². The third-order valence-electron chi connectivity index (χ3n) is 3.70. The van der Waals surface area contributed by atoms with Crippen molar-refractivity contribution in [3.05, 3.63) is 63.5 Å². The third kappa shape index (κ3) is 4.33. The van der Waals surface area contributed by atoms with Crippen LogP contribution < -0.4 is 10.4 Å². The second-order valence-electron chi connectivity index (χ2n) is 6.18. The summed E-state index contributed by atoms with van der Waals surface area (Å²) < 4.78 is 44.0. The molecule has 0 radical (unpaired) electrons. The lowest BCUT2D eigenvalue weighted by Gasteiger charge is -2.15. The molecule has 28 heavy (non-hydrogen) atoms. The minimum atomic E-state index is -4.46. The number of halogens is 4. The van der Waals surface area contributed by atoms with Crippen LogP contribution in [-0.4, -0.2) is 21.1 Å². The number of alkyl halides is 3. The molecule has 1 aromatic heterocycles. The molecule has 3 aromatic rings. The van der Waals surface area contributed by atoms with E-state index in [-0.39, 0.29) is 23.3 Å². The fourth-order valence-electron chi connectivity index (χ4n) is 2.53. The number of hydrogen-bond donors (Lipinski definition) is 1. The molecule has 0 aliphatic carbocycles. The summed E-state index contributed by atoms with van der Waals surface area (Å²) in [5.74, 6) is 0.495. The molecule has 0 bridgehead atoms. The van der Waals surface area contributed by atoms with Gasteiger partial charge in [-0.2, -0.15) is 18.2 Å². The number of aromatic nitrogens is 3. The van der Waals surface area contributed by atoms with Crippen LogP contribution in [0.25, 0.3) is 22.8 Å². The van der Waals surface area contributed by atoms with E-state index in [9.17, 15) is 18.0 Å². The topological polar surface area (TPSA) is 67.9 Å². The van der Waals surface area contributed by atoms with Gasteiger partial charge in [0, 0.05) is 5.56 Å². The first kappa shape index (κ1) is 19.9. The summed E-state index contributed by atoms with van der Waals surface area (Å²) in [6, 6.07) is 9.21. The Morgan fingerprint density at radius 2 is 1.75 bits per heavy atom. The molecule has 0 aliphatic rings. The predicted octanol–water partition coefficient (Wildman–Crippen LogP) is 4.96. The Labute approximate surface area is 163 Å². The van der Waals surface area contributed by atoms with E-state index in [4.69, 9.17) is 16.3 Å². The number of hydrogen-bond acceptors (Lipinski definition) is 4. The zero-order valence-electron chi connectivity index (χ0n) is 14.8. The molecular formula is C19H15ClF3N3O2. The van der Waals surface area contributed by atoms with Gasteiger partial charge in [-0.1, -0.05) is 29.8 Å². The van der Waals surface area contributed by atoms with E-state index in [1.807, 2.05) is 13.8 Å². The van der Waals surface area contributed by atoms with E-state index >= 15 is 0 Å². The van der Waals surface area contributed by atoms with Crippen molar-refractivity contribution in [3.8, 4) is 28.5 Å². The largest absolute Gasteiger partial charge is 0.490 e. The van der Waals surface area contributed by atoms with Crippen LogP contribution in [0, 0.1) is 0 Å². The van der Waals surface area contributed by atoms with Crippen LogP contribution in [0.15, 0.2) is 47.3 Å². The smallest absolute Gasteiger partial charge is 0.416 e. The van der Waals surface area contributed by atoms with E-state index in [0.717, 1.165) is 12.1 Å². The zero-order chi connectivity index (χ0) is 20.5. The first-order chi connectivity index (χ1) is 13.1. The molecule has 5 nitrogen and oxygen atoms in total. The Kier molecular flexibility index (Phi) is 5.42. The maximum Gasteiger partial charge on any atom is 0.416 e. The standard InChI is InChI=1S/C19H15ClF3N3O2/c1-10(2)28-14-5-3-4-13(20)15(14)17-24-16(25-18(27)26-17)11-6-8-12(9-7-11)19(21,22)23/h3-10H,1-2H3,(H,24,25,26,27). The number of ether oxygens (including phenoxy) is 1. The predicted molar refractivity (Wildman–Crippen MR) is 99.3 cm³/mol. The molecule has 0 fully saturated rings. The first-order valence-corrected chi connectivity index (χ1v) is 8.64. The van der Waals surface area contributed by atoms with Gasteiger partial charge in [-0.05, 0) is 38.1 Å². The second-order valence-corrected chi connectivity index (χ2v) is 6.59. The fourth-order valence-corrected chi connectivity index (χ4v) is 2.78. The number of aromatic amines is 1. The molecule has 146 valence electrons. The highest BCUT2D eigenvalue weighted by molar-refractivity contribution is 6.33. The Morgan fingerprint density at radius 3 is 2.36 bits per heavy atom. The van der Waals surface area contributed by atoms with Crippen molar-refractivity contribution >= 4 is 11.6 Å². The Balaban J connectivity index is 2.10. The Morgan fingerprint density at radius 1 is 1.07 bits per heavy atom. The summed E-state index contributed by atoms with van der Waals surface area (Å²) >= 11 is 6.28. The first-order valence-electron chi connectivity index (χ1n) is 8.26. The molecule has 9 heteroatoms. The van der Waals surface area contributed by atoms with Crippen molar-refractivity contribution < 1.29 is 17.9 Å². The van der Waals surface area contributed by atoms with Gasteiger partial charge in [0.2, 0.25) is 0 Å². The van der Waals surface area contributed by atoms with Crippen molar-refractivity contribution in [1.82, 2.24) is 15.0 Å². The van der Waals surface area contributed by atoms with Crippen molar-refractivity contribution in [2.75, 3.05) is 0 Å². The van der Waals surface area contributed by atoms with E-state index in [1.165, 1.54) is 12.1 Å². The number of nitrogens with one attached hydrogen (secondary N) is 1. The van der Waals surface area contributed by atoms with Gasteiger partial charge in [-0.15, -0.1) is 0 Å². The Bertz CT molecular complexity index is 1050. The molecular weight excluding hydrogens is 395 g/mol. The number of benzene rings is 2. The van der Waals surface area contributed by atoms with Crippen molar-refractivity contribution in [2.45, 2.75) is 26.1 Å². The quantitative estimate of drug-likeness (QED) is 0.661. The monoisotopic (exact) mass is 409 g/mol. The lowest BCUT2D eigenvalue weighted by atomic mass is 10.1. The van der Waals surface area contributed by atoms with E-state index in [0.29, 0.717) is 16.3 Å². The van der Waals surface area contributed by atoms with Crippen molar-refractivity contribution in [3.63, 3.8) is 0 Å². The minimum absolute atomic E-state index is 0.0251. The maximum atomic E-state index is 12.7. The summed E-state index contributed by atoms with van der Waals surface area (Å²) in [5, 5.41) is 0.297. The van der Waals surface area contributed by atoms with E-state index in [1.54, 1.807) is 18.2 Å². The van der Waals surface area contributed by atoms with Gasteiger partial charge in [0.25, 0.3) is 0 Å². The average Bonchev–Trinajstić information content (AvgIpc) is 2.60. The van der Waals surface area contributed by atoms with E-state index in [2.05, 4.69) is 15.0 Å². The van der Waals surface area contributed by atoms with Crippen molar-refractivity contribution in [1.29, 1.82) is 0 Å². The molecule has 3 rings (SSSR count). The molecule has 0 aliphatic heterocycles. The normalized spacial score (nSPS) is 11.7. The summed E-state index contributed by atoms with van der Waals surface area (Å²) in [4.78, 5) is 22.6. The lowest BCUT2D eigenvalue weighted by molar-refractivity contribution is -0.137. The van der Waals surface area contributed by atoms with Gasteiger partial charge in [0.05, 0.1) is 22.3 Å². The van der Waals surface area contributed by atoms with Crippen LogP contribution in [0.2, 0.25) is 5.02 Å². The van der Waals surface area contributed by atoms with Crippen LogP contribution in [0.1, 0.15) is 19.4 Å². The van der Waals surface area contributed by atoms with Gasteiger partial charge in [-0.3, -0.25) is 4.98 Å². The summed E-state index contributed by atoms with van der Waals surface area (Å²) in [7, 11) is 0. The minimum Gasteiger partial charge on any atom is -0.490 e. The maximum absolute atomic E-state index is 12.7. The number of rotatable bonds is 4. The lowest BCUT2D eigenvalue weighted by Crippen LogP contribution is -2.15. The highest BCUT2D eigenvalue weighted by Crippen LogP contribution is 2.35. The third-order valence-corrected chi connectivity index (χ3v) is 4.01. The molecule has 1 heterocycles. The van der Waals surface area contributed by atoms with E-state index < -0.39 is 17.4 Å². The molecule has 0 atom stereocenters. The summed E-state index contributed by atoms with van der Waals surface area (Å²) in [6.07, 6.45) is -4.61. The molecule has 1 N–H and O–H groups in total. The van der Waals surface area contributed by atoms with Crippen molar-refractivity contribution in [2.24, 2.45) is 0 Å². The number of nitrogens with zero attached hydrogens (tertiary/aromatic N) is 2. The van der Waals surface area contributed by atoms with Gasteiger partial charge in [0.15, 0.2) is 5.82 Å². The van der Waals surface area contributed by atoms with Crippen LogP contribution >= 0.6 is 11.6 Å². The van der Waals surface area contributed by atoms with Crippen LogP contribution in [0.4, 0.5) is 13.2 Å². The second kappa shape index (κ2) is 7.63. The Hall–Kier alpha value is -2.87. The molecule has 0 amide bonds. The zero-order valence-corrected chi connectivity index (χ0v) is 15.6.